The van der Waals surface area contributed by atoms with E-state index in [1.54, 1.807) is 0 Å². The number of aliphatic hydroxyl groups excluding tert-OH is 14. The molecule has 0 aromatic rings. The highest BCUT2D eigenvalue weighted by Crippen LogP contribution is 2.39. The van der Waals surface area contributed by atoms with Gasteiger partial charge in [0, 0.05) is 34.4 Å². The average Bonchev–Trinajstić information content (AvgIpc) is 0.853. The SMILES string of the molecule is [N-]=[N+]=NCC1OC2OC3C(CN=[N+]=[N-])OC(OC4C(CN=[N+]=[N-])OC(OC5C(CN=[N+]=[N-])OC(OC6C(CN=[N+]=[N-])OC(OC7C(CN=[N+]=[N-])OC(OC8C(CN=[N+]=[N-])OC(OC1C(O)C2O)C(O)C8O)C(O)C7O)C(O)C6O)C(O)C5O)C(O)C4O)C(O)C3O. The first kappa shape index (κ1) is 70.9. The fraction of sp³-hybridized carbons (Fsp3) is 1.00. The van der Waals surface area contributed by atoms with Gasteiger partial charge in [-0.2, -0.15) is 0 Å². The van der Waals surface area contributed by atoms with Gasteiger partial charge in [-0.25, -0.2) is 0 Å². The summed E-state index contributed by atoms with van der Waals surface area (Å²) in [6.45, 7) is -5.63. The van der Waals surface area contributed by atoms with Crippen molar-refractivity contribution in [2.45, 2.75) is 215 Å². The molecule has 49 heteroatoms. The summed E-state index contributed by atoms with van der Waals surface area (Å²) in [5.74, 6) is 0. The predicted octanol–water partition coefficient (Wildman–Crippen LogP) is -6.00. The van der Waals surface area contributed by atoms with Crippen LogP contribution in [0, 0.1) is 0 Å². The van der Waals surface area contributed by atoms with Crippen LogP contribution in [0.2, 0.25) is 0 Å². The lowest BCUT2D eigenvalue weighted by Crippen LogP contribution is -2.68. The quantitative estimate of drug-likeness (QED) is 0.0437. The van der Waals surface area contributed by atoms with E-state index < -0.39 is 261 Å². The molecule has 14 N–H and O–H groups in total. The molecular weight excluding hydrogens is 1250 g/mol. The Kier molecular flexibility index (Phi) is 25.1. The van der Waals surface area contributed by atoms with Crippen molar-refractivity contribution in [3.8, 4) is 0 Å². The van der Waals surface area contributed by atoms with Gasteiger partial charge in [-0.1, -0.05) is 35.8 Å². The van der Waals surface area contributed by atoms with Crippen molar-refractivity contribution in [3.63, 3.8) is 0 Å². The summed E-state index contributed by atoms with van der Waals surface area (Å²) in [6.07, 6.45) is -73.2. The molecule has 0 aliphatic carbocycles. The molecule has 504 valence electrons. The van der Waals surface area contributed by atoms with Crippen molar-refractivity contribution in [2.75, 3.05) is 45.8 Å². The largest absolute Gasteiger partial charge is 0.387 e. The zero-order valence-electron chi connectivity index (χ0n) is 46.5. The number of nitrogens with zero attached hydrogens (tertiary/aromatic N) is 21. The lowest BCUT2D eigenvalue weighted by Gasteiger charge is -2.50. The molecule has 21 rings (SSSR count). The zero-order valence-corrected chi connectivity index (χ0v) is 46.5. The van der Waals surface area contributed by atoms with Crippen LogP contribution in [-0.2, 0) is 66.3 Å². The van der Waals surface area contributed by atoms with Crippen molar-refractivity contribution >= 4 is 0 Å². The molecule has 35 unspecified atom stereocenters. The molecule has 0 spiro atoms. The van der Waals surface area contributed by atoms with Gasteiger partial charge >= 0.3 is 0 Å². The van der Waals surface area contributed by atoms with Crippen LogP contribution in [0.15, 0.2) is 35.8 Å². The van der Waals surface area contributed by atoms with Crippen LogP contribution in [-0.4, -0.2) is 332 Å². The first-order chi connectivity index (χ1) is 43.7. The molecule has 21 aliphatic heterocycles. The van der Waals surface area contributed by atoms with Gasteiger partial charge in [-0.05, 0) is 38.7 Å². The van der Waals surface area contributed by atoms with Crippen LogP contribution in [0.5, 0.6) is 0 Å². The van der Waals surface area contributed by atoms with Crippen molar-refractivity contribution in [1.82, 2.24) is 0 Å². The smallest absolute Gasteiger partial charge is 0.187 e. The molecule has 21 aliphatic rings. The maximum absolute atomic E-state index is 11.7. The van der Waals surface area contributed by atoms with Gasteiger partial charge in [-0.15, -0.1) is 0 Å². The van der Waals surface area contributed by atoms with Crippen molar-refractivity contribution in [2.24, 2.45) is 35.8 Å². The average molecular weight is 1310 g/mol. The van der Waals surface area contributed by atoms with Crippen molar-refractivity contribution in [1.29, 1.82) is 0 Å². The van der Waals surface area contributed by atoms with Crippen LogP contribution in [0.4, 0.5) is 0 Å². The molecule has 21 saturated heterocycles. The van der Waals surface area contributed by atoms with E-state index in [-0.39, 0.29) is 0 Å². The second kappa shape index (κ2) is 32.3. The van der Waals surface area contributed by atoms with Gasteiger partial charge in [-0.3, -0.25) is 0 Å². The highest BCUT2D eigenvalue weighted by atomic mass is 16.8. The minimum atomic E-state index is -2.31. The van der Waals surface area contributed by atoms with E-state index >= 15 is 0 Å². The molecule has 0 radical (unpaired) electrons. The van der Waals surface area contributed by atoms with E-state index in [4.69, 9.17) is 66.3 Å². The monoisotopic (exact) mass is 1310 g/mol. The summed E-state index contributed by atoms with van der Waals surface area (Å²) in [4.78, 5) is 18.6. The first-order valence-electron chi connectivity index (χ1n) is 27.4. The highest BCUT2D eigenvalue weighted by molar-refractivity contribution is 5.03. The Balaban J connectivity index is 1.17. The Morgan fingerprint density at radius 3 is 0.396 bits per heavy atom. The standard InChI is InChI=1S/C42H63N21O28/c43-57-50-1-8-29-15(64)22(71)36(78-8)86-30-9(2-51-58-44)80-38(24(73)17(30)66)88-32-11(4-53-60-46)82-40(26(75)19(32)68)90-34-13(6-55-62-48)84-42(28(77)21(34)70)91-35-14(7-56-63-49)83-41(27(76)20(35)69)89-33-12(5-54-61-47)81-39(25(74)18(33)67)87-31-10(3-52-59-45)79-37(85-29)23(72)16(31)65/h8-42,64-77H,1-7H2. The summed E-state index contributed by atoms with van der Waals surface area (Å²) in [7, 11) is 0. The molecule has 21 heterocycles. The fourth-order valence-electron chi connectivity index (χ4n) is 11.2. The van der Waals surface area contributed by atoms with Crippen molar-refractivity contribution in [3.05, 3.63) is 73.1 Å². The normalized spacial score (nSPS) is 47.7. The Labute approximate surface area is 506 Å². The molecule has 0 aromatic heterocycles. The second-order valence-electron chi connectivity index (χ2n) is 21.3. The number of azide groups is 7. The molecule has 0 amide bonds. The van der Waals surface area contributed by atoms with Gasteiger partial charge in [0.2, 0.25) is 0 Å². The van der Waals surface area contributed by atoms with E-state index in [1.165, 1.54) is 0 Å². The molecular formula is C42H63N21O28. The van der Waals surface area contributed by atoms with E-state index in [0.29, 0.717) is 0 Å². The Morgan fingerprint density at radius 1 is 0.187 bits per heavy atom. The van der Waals surface area contributed by atoms with Gasteiger partial charge in [0.05, 0.1) is 88.5 Å². The molecule has 49 nitrogen and oxygen atoms in total. The lowest BCUT2D eigenvalue weighted by atomic mass is 9.94. The van der Waals surface area contributed by atoms with E-state index in [1.807, 2.05) is 0 Å². The predicted molar refractivity (Wildman–Crippen MR) is 277 cm³/mol. The van der Waals surface area contributed by atoms with Gasteiger partial charge in [0.1, 0.15) is 128 Å². The summed E-state index contributed by atoms with van der Waals surface area (Å²) in [5.41, 5.74) is 65.3. The van der Waals surface area contributed by atoms with Crippen LogP contribution >= 0.6 is 0 Å². The number of hydrogen-bond donors (Lipinski definition) is 14. The third-order valence-corrected chi connectivity index (χ3v) is 15.8. The Morgan fingerprint density at radius 2 is 0.297 bits per heavy atom. The maximum Gasteiger partial charge on any atom is 0.187 e. The third kappa shape index (κ3) is 15.7. The van der Waals surface area contributed by atoms with E-state index in [2.05, 4.69) is 70.2 Å². The Bertz CT molecular complexity index is 2290. The minimum Gasteiger partial charge on any atom is -0.387 e. The Hall–Kier alpha value is -5.95. The number of hydrogen-bond acceptors (Lipinski definition) is 35. The minimum absolute atomic E-state index is 0.804. The lowest BCUT2D eigenvalue weighted by molar-refractivity contribution is -0.391. The number of aliphatic hydroxyl groups is 14. The van der Waals surface area contributed by atoms with Crippen LogP contribution < -0.4 is 0 Å². The maximum atomic E-state index is 11.7. The van der Waals surface area contributed by atoms with Crippen molar-refractivity contribution < 1.29 is 138 Å². The van der Waals surface area contributed by atoms with E-state index in [9.17, 15) is 110 Å². The highest BCUT2D eigenvalue weighted by Gasteiger charge is 2.59. The summed E-state index contributed by atoms with van der Waals surface area (Å²) < 4.78 is 82.3. The van der Waals surface area contributed by atoms with Gasteiger partial charge in [0.25, 0.3) is 0 Å². The molecule has 0 saturated carbocycles. The first-order valence-corrected chi connectivity index (χ1v) is 27.4. The van der Waals surface area contributed by atoms with Gasteiger partial charge in [0.15, 0.2) is 44.0 Å². The van der Waals surface area contributed by atoms with E-state index in [0.717, 1.165) is 0 Å². The van der Waals surface area contributed by atoms with Crippen LogP contribution in [0.3, 0.4) is 0 Å². The molecule has 21 fully saturated rings. The van der Waals surface area contributed by atoms with Crippen LogP contribution in [0.1, 0.15) is 0 Å². The third-order valence-electron chi connectivity index (χ3n) is 15.8. The molecule has 14 bridgehead atoms. The summed E-state index contributed by atoms with van der Waals surface area (Å²) in [6, 6.07) is 0. The fourth-order valence-corrected chi connectivity index (χ4v) is 11.2. The second-order valence-corrected chi connectivity index (χ2v) is 21.3. The molecule has 0 aromatic carbocycles. The van der Waals surface area contributed by atoms with Crippen LogP contribution in [0.25, 0.3) is 73.1 Å². The van der Waals surface area contributed by atoms with Gasteiger partial charge < -0.3 is 138 Å². The molecule has 91 heavy (non-hydrogen) atoms. The summed E-state index contributed by atoms with van der Waals surface area (Å²) in [5, 5.41) is 187. The number of ether oxygens (including phenoxy) is 14. The summed E-state index contributed by atoms with van der Waals surface area (Å²) >= 11 is 0. The molecule has 35 atom stereocenters. The zero-order chi connectivity index (χ0) is 66.0. The topological polar surface area (TPSA) is 754 Å². The number of rotatable bonds is 14.